The molecule has 0 spiro atoms. The van der Waals surface area contributed by atoms with Gasteiger partial charge in [-0.25, -0.2) is 4.39 Å². The molecule has 2 unspecified atom stereocenters. The van der Waals surface area contributed by atoms with Gasteiger partial charge in [-0.2, -0.15) is 0 Å². The summed E-state index contributed by atoms with van der Waals surface area (Å²) in [6.45, 7) is 4.10. The molecule has 0 aromatic heterocycles. The van der Waals surface area contributed by atoms with Crippen molar-refractivity contribution < 1.29 is 14.6 Å². The summed E-state index contributed by atoms with van der Waals surface area (Å²) in [4.78, 5) is 0. The first kappa shape index (κ1) is 13.5. The third kappa shape index (κ3) is 2.29. The average molecular weight is 252 g/mol. The lowest BCUT2D eigenvalue weighted by Crippen LogP contribution is -2.43. The van der Waals surface area contributed by atoms with Crippen molar-refractivity contribution in [1.82, 2.24) is 0 Å². The molecule has 0 aliphatic heterocycles. The minimum absolute atomic E-state index is 0.0176. The first-order valence-electron chi connectivity index (χ1n) is 6.59. The number of hydrogen-bond acceptors (Lipinski definition) is 2. The summed E-state index contributed by atoms with van der Waals surface area (Å²) < 4.78 is 13.3. The van der Waals surface area contributed by atoms with E-state index in [1.165, 1.54) is 6.07 Å². The summed E-state index contributed by atoms with van der Waals surface area (Å²) >= 11 is 0. The molecule has 100 valence electrons. The van der Waals surface area contributed by atoms with E-state index in [1.54, 1.807) is 12.1 Å². The predicted octanol–water partition coefficient (Wildman–Crippen LogP) is 2.63. The highest BCUT2D eigenvalue weighted by Crippen LogP contribution is 2.45. The van der Waals surface area contributed by atoms with E-state index in [-0.39, 0.29) is 24.3 Å². The molecule has 0 bridgehead atoms. The average Bonchev–Trinajstić information content (AvgIpc) is 2.29. The number of fused-ring (bicyclic) bond motifs is 1. The number of aliphatic hydroxyl groups excluding tert-OH is 1. The summed E-state index contributed by atoms with van der Waals surface area (Å²) in [5, 5.41) is 19.9. The second kappa shape index (κ2) is 4.98. The van der Waals surface area contributed by atoms with Crippen LogP contribution in [-0.4, -0.2) is 22.4 Å². The molecule has 1 aromatic carbocycles. The second-order valence-corrected chi connectivity index (χ2v) is 5.64. The van der Waals surface area contributed by atoms with Gasteiger partial charge in [0, 0.05) is 12.5 Å². The van der Waals surface area contributed by atoms with Gasteiger partial charge < -0.3 is 10.2 Å². The van der Waals surface area contributed by atoms with Gasteiger partial charge in [-0.15, -0.1) is 0 Å². The van der Waals surface area contributed by atoms with E-state index in [0.29, 0.717) is 19.3 Å². The Bertz CT molecular complexity index is 431. The molecule has 0 heterocycles. The van der Waals surface area contributed by atoms with E-state index in [4.69, 9.17) is 5.11 Å². The van der Waals surface area contributed by atoms with Crippen LogP contribution in [0.15, 0.2) is 18.2 Å². The fourth-order valence-corrected chi connectivity index (χ4v) is 3.34. The Kier molecular flexibility index (Phi) is 3.74. The normalized spacial score (nSPS) is 27.3. The van der Waals surface area contributed by atoms with Gasteiger partial charge in [0.2, 0.25) is 0 Å². The number of aryl methyl sites for hydroxylation is 1. The van der Waals surface area contributed by atoms with E-state index >= 15 is 0 Å². The maximum atomic E-state index is 13.3. The fourth-order valence-electron chi connectivity index (χ4n) is 3.34. The molecular formula is C15H21FO2. The number of benzene rings is 1. The second-order valence-electron chi connectivity index (χ2n) is 5.64. The lowest BCUT2D eigenvalue weighted by atomic mass is 9.66. The number of halogens is 1. The largest absolute Gasteiger partial charge is 0.396 e. The first-order valence-corrected chi connectivity index (χ1v) is 6.59. The number of hydrogen-bond donors (Lipinski definition) is 2. The molecule has 0 amide bonds. The molecule has 1 aliphatic rings. The lowest BCUT2D eigenvalue weighted by Gasteiger charge is -2.43. The van der Waals surface area contributed by atoms with E-state index in [0.717, 1.165) is 11.1 Å². The number of rotatable bonds is 3. The standard InChI is InChI=1S/C15H21FO2/c1-10(2)14-13-4-3-12(16)9-11(13)5-6-15(14,18)7-8-17/h3-4,9-10,14,17-18H,5-8H2,1-2H3. The maximum Gasteiger partial charge on any atom is 0.123 e. The van der Waals surface area contributed by atoms with Crippen molar-refractivity contribution in [1.29, 1.82) is 0 Å². The van der Waals surface area contributed by atoms with Crippen molar-refractivity contribution in [2.24, 2.45) is 5.92 Å². The van der Waals surface area contributed by atoms with Gasteiger partial charge in [-0.3, -0.25) is 0 Å². The summed E-state index contributed by atoms with van der Waals surface area (Å²) in [5.41, 5.74) is 1.17. The smallest absolute Gasteiger partial charge is 0.123 e. The van der Waals surface area contributed by atoms with Gasteiger partial charge in [0.25, 0.3) is 0 Å². The minimum Gasteiger partial charge on any atom is -0.396 e. The quantitative estimate of drug-likeness (QED) is 0.868. The topological polar surface area (TPSA) is 40.5 Å². The molecule has 0 radical (unpaired) electrons. The van der Waals surface area contributed by atoms with E-state index in [9.17, 15) is 9.50 Å². The Hall–Kier alpha value is -0.930. The Morgan fingerprint density at radius 2 is 2.17 bits per heavy atom. The molecule has 2 nitrogen and oxygen atoms in total. The first-order chi connectivity index (χ1) is 8.48. The van der Waals surface area contributed by atoms with Crippen molar-refractivity contribution in [3.63, 3.8) is 0 Å². The molecular weight excluding hydrogens is 231 g/mol. The highest BCUT2D eigenvalue weighted by molar-refractivity contribution is 5.36. The van der Waals surface area contributed by atoms with Crippen molar-refractivity contribution in [2.75, 3.05) is 6.61 Å². The van der Waals surface area contributed by atoms with Crippen LogP contribution < -0.4 is 0 Å². The molecule has 2 atom stereocenters. The van der Waals surface area contributed by atoms with Crippen LogP contribution >= 0.6 is 0 Å². The zero-order valence-electron chi connectivity index (χ0n) is 11.0. The van der Waals surface area contributed by atoms with E-state index < -0.39 is 5.60 Å². The van der Waals surface area contributed by atoms with Crippen LogP contribution in [0.25, 0.3) is 0 Å². The van der Waals surface area contributed by atoms with Crippen LogP contribution in [0, 0.1) is 11.7 Å². The summed E-state index contributed by atoms with van der Waals surface area (Å²) in [5.74, 6) is 0.00363. The third-order valence-corrected chi connectivity index (χ3v) is 4.06. The van der Waals surface area contributed by atoms with Crippen LogP contribution in [0.2, 0.25) is 0 Å². The van der Waals surface area contributed by atoms with Gasteiger partial charge >= 0.3 is 0 Å². The Morgan fingerprint density at radius 1 is 1.44 bits per heavy atom. The Morgan fingerprint density at radius 3 is 2.78 bits per heavy atom. The molecule has 2 rings (SSSR count). The molecule has 1 aromatic rings. The highest BCUT2D eigenvalue weighted by atomic mass is 19.1. The van der Waals surface area contributed by atoms with Crippen molar-refractivity contribution >= 4 is 0 Å². The zero-order chi connectivity index (χ0) is 13.3. The fraction of sp³-hybridized carbons (Fsp3) is 0.600. The minimum atomic E-state index is -0.867. The van der Waals surface area contributed by atoms with Crippen molar-refractivity contribution in [3.05, 3.63) is 35.1 Å². The van der Waals surface area contributed by atoms with Crippen molar-refractivity contribution in [2.45, 2.75) is 44.6 Å². The van der Waals surface area contributed by atoms with Crippen LogP contribution in [0.4, 0.5) is 4.39 Å². The zero-order valence-corrected chi connectivity index (χ0v) is 11.0. The van der Waals surface area contributed by atoms with Crippen LogP contribution in [0.5, 0.6) is 0 Å². The molecule has 0 saturated carbocycles. The third-order valence-electron chi connectivity index (χ3n) is 4.06. The van der Waals surface area contributed by atoms with Gasteiger partial charge in [0.15, 0.2) is 0 Å². The molecule has 0 saturated heterocycles. The van der Waals surface area contributed by atoms with Crippen LogP contribution in [0.1, 0.15) is 43.7 Å². The maximum absolute atomic E-state index is 13.3. The van der Waals surface area contributed by atoms with E-state index in [2.05, 4.69) is 13.8 Å². The van der Waals surface area contributed by atoms with Crippen LogP contribution in [-0.2, 0) is 6.42 Å². The SMILES string of the molecule is CC(C)C1c2ccc(F)cc2CCC1(O)CCO. The summed E-state index contributed by atoms with van der Waals surface area (Å²) in [7, 11) is 0. The molecule has 18 heavy (non-hydrogen) atoms. The predicted molar refractivity (Wildman–Crippen MR) is 69.0 cm³/mol. The van der Waals surface area contributed by atoms with Crippen molar-refractivity contribution in [3.8, 4) is 0 Å². The highest BCUT2D eigenvalue weighted by Gasteiger charge is 2.42. The van der Waals surface area contributed by atoms with Gasteiger partial charge in [0.05, 0.1) is 5.60 Å². The summed E-state index contributed by atoms with van der Waals surface area (Å²) in [6.07, 6.45) is 1.65. The lowest BCUT2D eigenvalue weighted by molar-refractivity contribution is -0.0355. The van der Waals surface area contributed by atoms with E-state index in [1.807, 2.05) is 0 Å². The van der Waals surface area contributed by atoms with Gasteiger partial charge in [-0.05, 0) is 48.4 Å². The van der Waals surface area contributed by atoms with Crippen LogP contribution in [0.3, 0.4) is 0 Å². The molecule has 1 aliphatic carbocycles. The molecule has 2 N–H and O–H groups in total. The molecule has 0 fully saturated rings. The Labute approximate surface area is 107 Å². The van der Waals surface area contributed by atoms with Gasteiger partial charge in [-0.1, -0.05) is 19.9 Å². The monoisotopic (exact) mass is 252 g/mol. The molecule has 3 heteroatoms. The number of aliphatic hydroxyl groups is 2. The Balaban J connectivity index is 2.45. The summed E-state index contributed by atoms with van der Waals surface area (Å²) in [6, 6.07) is 4.82. The van der Waals surface area contributed by atoms with Gasteiger partial charge in [0.1, 0.15) is 5.82 Å².